The standard InChI is InChI=1S/C19H25FN6O3S/c1-23(2)19(27)24-9-7-14(8-10-24)18-22-21-17-13-25(11-12-26(17)18)30(28,29)16-6-4-3-5-15(16)20/h3-6,14H,7-13H2,1-2H3. The first-order valence-corrected chi connectivity index (χ1v) is 11.4. The minimum atomic E-state index is -3.95. The topological polar surface area (TPSA) is 91.6 Å². The zero-order valence-electron chi connectivity index (χ0n) is 17.0. The fourth-order valence-corrected chi connectivity index (χ4v) is 5.52. The Morgan fingerprint density at radius 3 is 2.47 bits per heavy atom. The van der Waals surface area contributed by atoms with E-state index < -0.39 is 15.8 Å². The Hall–Kier alpha value is -2.53. The number of rotatable bonds is 3. The maximum absolute atomic E-state index is 14.1. The lowest BCUT2D eigenvalue weighted by molar-refractivity contribution is 0.155. The van der Waals surface area contributed by atoms with E-state index in [1.54, 1.807) is 19.0 Å². The minimum Gasteiger partial charge on any atom is -0.331 e. The first-order valence-electron chi connectivity index (χ1n) is 9.92. The molecule has 2 aromatic rings. The van der Waals surface area contributed by atoms with Crippen molar-refractivity contribution in [2.75, 3.05) is 33.7 Å². The lowest BCUT2D eigenvalue weighted by Gasteiger charge is -2.34. The highest BCUT2D eigenvalue weighted by molar-refractivity contribution is 7.89. The summed E-state index contributed by atoms with van der Waals surface area (Å²) >= 11 is 0. The second kappa shape index (κ2) is 7.95. The highest BCUT2D eigenvalue weighted by atomic mass is 32.2. The van der Waals surface area contributed by atoms with Gasteiger partial charge in [-0.25, -0.2) is 17.6 Å². The number of fused-ring (bicyclic) bond motifs is 1. The number of hydrogen-bond donors (Lipinski definition) is 0. The van der Waals surface area contributed by atoms with Crippen LogP contribution in [0, 0.1) is 5.82 Å². The fraction of sp³-hybridized carbons (Fsp3) is 0.526. The molecule has 3 heterocycles. The first-order chi connectivity index (χ1) is 14.3. The highest BCUT2D eigenvalue weighted by Crippen LogP contribution is 2.30. The van der Waals surface area contributed by atoms with E-state index in [0.717, 1.165) is 24.7 Å². The Kier molecular flexibility index (Phi) is 5.49. The third kappa shape index (κ3) is 3.67. The zero-order chi connectivity index (χ0) is 21.5. The summed E-state index contributed by atoms with van der Waals surface area (Å²) in [6.45, 7) is 2.01. The van der Waals surface area contributed by atoms with Crippen LogP contribution in [-0.4, -0.2) is 77.0 Å². The molecule has 2 aliphatic heterocycles. The number of carbonyl (C=O) groups excluding carboxylic acids is 1. The average Bonchev–Trinajstić information content (AvgIpc) is 3.16. The molecular weight excluding hydrogens is 411 g/mol. The van der Waals surface area contributed by atoms with Gasteiger partial charge in [-0.15, -0.1) is 10.2 Å². The van der Waals surface area contributed by atoms with Crippen LogP contribution in [0.3, 0.4) is 0 Å². The summed E-state index contributed by atoms with van der Waals surface area (Å²) < 4.78 is 43.0. The summed E-state index contributed by atoms with van der Waals surface area (Å²) in [6.07, 6.45) is 1.57. The van der Waals surface area contributed by atoms with Crippen molar-refractivity contribution in [1.82, 2.24) is 28.9 Å². The van der Waals surface area contributed by atoms with Gasteiger partial charge in [-0.1, -0.05) is 12.1 Å². The van der Waals surface area contributed by atoms with Crippen molar-refractivity contribution in [1.29, 1.82) is 0 Å². The molecule has 0 saturated carbocycles. The zero-order valence-corrected chi connectivity index (χ0v) is 17.8. The van der Waals surface area contributed by atoms with E-state index in [0.29, 0.717) is 25.5 Å². The minimum absolute atomic E-state index is 0.00529. The predicted octanol–water partition coefficient (Wildman–Crippen LogP) is 1.48. The van der Waals surface area contributed by atoms with Gasteiger partial charge in [-0.3, -0.25) is 0 Å². The SMILES string of the molecule is CN(C)C(=O)N1CCC(c2nnc3n2CCN(S(=O)(=O)c2ccccc2F)C3)CC1. The number of benzene rings is 1. The van der Waals surface area contributed by atoms with Gasteiger partial charge in [0, 0.05) is 46.2 Å². The van der Waals surface area contributed by atoms with Gasteiger partial charge in [-0.2, -0.15) is 4.31 Å². The largest absolute Gasteiger partial charge is 0.331 e. The maximum atomic E-state index is 14.1. The summed E-state index contributed by atoms with van der Waals surface area (Å²) in [5, 5.41) is 8.56. The van der Waals surface area contributed by atoms with E-state index in [2.05, 4.69) is 10.2 Å². The van der Waals surface area contributed by atoms with Gasteiger partial charge in [0.05, 0.1) is 6.54 Å². The quantitative estimate of drug-likeness (QED) is 0.727. The number of piperidine rings is 1. The average molecular weight is 437 g/mol. The number of halogens is 1. The van der Waals surface area contributed by atoms with Crippen LogP contribution in [0.5, 0.6) is 0 Å². The van der Waals surface area contributed by atoms with Gasteiger partial charge in [0.2, 0.25) is 10.0 Å². The summed E-state index contributed by atoms with van der Waals surface area (Å²) in [6, 6.07) is 5.40. The Labute approximate surface area is 175 Å². The highest BCUT2D eigenvalue weighted by Gasteiger charge is 2.34. The van der Waals surface area contributed by atoms with Crippen LogP contribution < -0.4 is 0 Å². The van der Waals surface area contributed by atoms with Crippen LogP contribution in [0.2, 0.25) is 0 Å². The van der Waals surface area contributed by atoms with Gasteiger partial charge in [0.25, 0.3) is 0 Å². The number of hydrogen-bond acceptors (Lipinski definition) is 5. The van der Waals surface area contributed by atoms with Crippen molar-refractivity contribution in [3.63, 3.8) is 0 Å². The van der Waals surface area contributed by atoms with Gasteiger partial charge in [0.1, 0.15) is 22.4 Å². The van der Waals surface area contributed by atoms with Crippen molar-refractivity contribution in [3.8, 4) is 0 Å². The van der Waals surface area contributed by atoms with E-state index in [4.69, 9.17) is 0 Å². The molecule has 0 aliphatic carbocycles. The van der Waals surface area contributed by atoms with Gasteiger partial charge in [-0.05, 0) is 25.0 Å². The molecule has 0 bridgehead atoms. The summed E-state index contributed by atoms with van der Waals surface area (Å²) in [7, 11) is -0.467. The monoisotopic (exact) mass is 436 g/mol. The molecule has 30 heavy (non-hydrogen) atoms. The van der Waals surface area contributed by atoms with E-state index in [-0.39, 0.29) is 29.9 Å². The molecule has 4 rings (SSSR count). The molecule has 9 nitrogen and oxygen atoms in total. The number of nitrogens with zero attached hydrogens (tertiary/aromatic N) is 6. The van der Waals surface area contributed by atoms with E-state index in [1.807, 2.05) is 9.47 Å². The summed E-state index contributed by atoms with van der Waals surface area (Å²) in [5.41, 5.74) is 0. The molecule has 1 saturated heterocycles. The fourth-order valence-electron chi connectivity index (χ4n) is 4.07. The number of aromatic nitrogens is 3. The molecule has 0 unspecified atom stereocenters. The van der Waals surface area contributed by atoms with Gasteiger partial charge >= 0.3 is 6.03 Å². The Balaban J connectivity index is 1.48. The van der Waals surface area contributed by atoms with Crippen LogP contribution in [0.4, 0.5) is 9.18 Å². The summed E-state index contributed by atoms with van der Waals surface area (Å²) in [5.74, 6) is 0.810. The molecule has 162 valence electrons. The molecule has 0 radical (unpaired) electrons. The van der Waals surface area contributed by atoms with E-state index in [1.165, 1.54) is 22.5 Å². The molecule has 11 heteroatoms. The van der Waals surface area contributed by atoms with Crippen LogP contribution in [-0.2, 0) is 23.1 Å². The number of carbonyl (C=O) groups is 1. The van der Waals surface area contributed by atoms with E-state index in [9.17, 15) is 17.6 Å². The predicted molar refractivity (Wildman–Crippen MR) is 107 cm³/mol. The lowest BCUT2D eigenvalue weighted by Crippen LogP contribution is -2.44. The lowest BCUT2D eigenvalue weighted by atomic mass is 9.96. The van der Waals surface area contributed by atoms with Crippen LogP contribution in [0.15, 0.2) is 29.2 Å². The molecule has 1 fully saturated rings. The van der Waals surface area contributed by atoms with E-state index >= 15 is 0 Å². The number of sulfonamides is 1. The van der Waals surface area contributed by atoms with Crippen molar-refractivity contribution < 1.29 is 17.6 Å². The third-order valence-electron chi connectivity index (χ3n) is 5.71. The molecule has 0 N–H and O–H groups in total. The van der Waals surface area contributed by atoms with Crippen molar-refractivity contribution in [2.24, 2.45) is 0 Å². The van der Waals surface area contributed by atoms with Gasteiger partial charge < -0.3 is 14.4 Å². The van der Waals surface area contributed by atoms with Crippen LogP contribution >= 0.6 is 0 Å². The van der Waals surface area contributed by atoms with Crippen molar-refractivity contribution in [3.05, 3.63) is 41.7 Å². The molecular formula is C19H25FN6O3S. The second-order valence-corrected chi connectivity index (χ2v) is 9.74. The summed E-state index contributed by atoms with van der Waals surface area (Å²) in [4.78, 5) is 15.2. The normalized spacial score (nSPS) is 18.3. The van der Waals surface area contributed by atoms with Crippen molar-refractivity contribution in [2.45, 2.75) is 36.7 Å². The molecule has 1 aromatic heterocycles. The first kappa shape index (κ1) is 20.7. The van der Waals surface area contributed by atoms with Crippen LogP contribution in [0.1, 0.15) is 30.4 Å². The molecule has 1 aromatic carbocycles. The Morgan fingerprint density at radius 2 is 1.80 bits per heavy atom. The molecule has 2 aliphatic rings. The number of likely N-dealkylation sites (tertiary alicyclic amines) is 1. The third-order valence-corrected chi connectivity index (χ3v) is 7.59. The number of urea groups is 1. The Morgan fingerprint density at radius 1 is 1.10 bits per heavy atom. The van der Waals surface area contributed by atoms with Crippen LogP contribution in [0.25, 0.3) is 0 Å². The van der Waals surface area contributed by atoms with Crippen molar-refractivity contribution >= 4 is 16.1 Å². The maximum Gasteiger partial charge on any atom is 0.319 e. The smallest absolute Gasteiger partial charge is 0.319 e. The molecule has 0 spiro atoms. The second-order valence-electron chi connectivity index (χ2n) is 7.83. The van der Waals surface area contributed by atoms with Gasteiger partial charge in [0.15, 0.2) is 0 Å². The molecule has 2 amide bonds. The molecule has 0 atom stereocenters. The Bertz CT molecular complexity index is 1050. The number of amides is 2.